The van der Waals surface area contributed by atoms with Crippen molar-refractivity contribution in [2.75, 3.05) is 18.2 Å². The number of aryl methyl sites for hydroxylation is 1. The maximum atomic E-state index is 12.2. The van der Waals surface area contributed by atoms with Gasteiger partial charge in [-0.15, -0.1) is 10.2 Å². The summed E-state index contributed by atoms with van der Waals surface area (Å²) in [5.41, 5.74) is 3.42. The molecule has 0 atom stereocenters. The number of rotatable bonds is 8. The third-order valence-corrected chi connectivity index (χ3v) is 5.22. The van der Waals surface area contributed by atoms with Crippen molar-refractivity contribution in [3.63, 3.8) is 0 Å². The molecule has 0 fully saturated rings. The van der Waals surface area contributed by atoms with Gasteiger partial charge in [0.15, 0.2) is 0 Å². The van der Waals surface area contributed by atoms with Gasteiger partial charge in [0.25, 0.3) is 11.1 Å². The number of thioether (sulfide) groups is 1. The van der Waals surface area contributed by atoms with Gasteiger partial charge in [-0.2, -0.15) is 0 Å². The van der Waals surface area contributed by atoms with Gasteiger partial charge >= 0.3 is 0 Å². The minimum atomic E-state index is -0.266. The van der Waals surface area contributed by atoms with Crippen molar-refractivity contribution in [3.8, 4) is 5.75 Å². The summed E-state index contributed by atoms with van der Waals surface area (Å²) in [6, 6.07) is 12.5. The van der Waals surface area contributed by atoms with Gasteiger partial charge in [0.1, 0.15) is 5.75 Å². The number of nitrogens with one attached hydrogen (secondary N) is 2. The van der Waals surface area contributed by atoms with E-state index in [0.717, 1.165) is 28.6 Å². The Morgan fingerprint density at radius 2 is 1.87 bits per heavy atom. The molecule has 9 heteroatoms. The van der Waals surface area contributed by atoms with E-state index in [-0.39, 0.29) is 35.2 Å². The number of aromatic nitrogens is 2. The molecule has 0 saturated carbocycles. The number of carbonyl (C=O) groups is 2. The van der Waals surface area contributed by atoms with Crippen molar-refractivity contribution in [3.05, 3.63) is 65.0 Å². The molecule has 3 aromatic rings. The number of anilines is 1. The molecule has 0 radical (unpaired) electrons. The second-order valence-electron chi connectivity index (χ2n) is 6.46. The Hall–Kier alpha value is -3.33. The number of hydrogen-bond donors (Lipinski definition) is 2. The first-order valence-corrected chi connectivity index (χ1v) is 10.2. The van der Waals surface area contributed by atoms with Gasteiger partial charge in [-0.05, 0) is 55.3 Å². The van der Waals surface area contributed by atoms with Crippen LogP contribution in [-0.2, 0) is 11.3 Å². The molecule has 156 valence electrons. The van der Waals surface area contributed by atoms with Crippen LogP contribution in [0.5, 0.6) is 5.75 Å². The van der Waals surface area contributed by atoms with E-state index in [1.54, 1.807) is 31.4 Å². The molecule has 0 aliphatic carbocycles. The lowest BCUT2D eigenvalue weighted by molar-refractivity contribution is -0.113. The Bertz CT molecular complexity index is 1030. The fraction of sp³-hybridized carbons (Fsp3) is 0.238. The SMILES string of the molecule is COc1ccc(C(=O)NCc2nnc(SCC(=O)Nc3cccc(C)c3C)o2)cc1. The first-order chi connectivity index (χ1) is 14.5. The van der Waals surface area contributed by atoms with Crippen LogP contribution in [0.25, 0.3) is 0 Å². The second-order valence-corrected chi connectivity index (χ2v) is 7.38. The molecule has 0 aliphatic rings. The second kappa shape index (κ2) is 9.93. The zero-order valence-corrected chi connectivity index (χ0v) is 17.7. The first kappa shape index (κ1) is 21.4. The van der Waals surface area contributed by atoms with Crippen molar-refractivity contribution in [1.29, 1.82) is 0 Å². The van der Waals surface area contributed by atoms with Crippen LogP contribution in [0.2, 0.25) is 0 Å². The third kappa shape index (κ3) is 5.60. The maximum Gasteiger partial charge on any atom is 0.277 e. The fourth-order valence-corrected chi connectivity index (χ4v) is 3.15. The summed E-state index contributed by atoms with van der Waals surface area (Å²) in [5, 5.41) is 13.6. The predicted octanol–water partition coefficient (Wildman–Crippen LogP) is 3.36. The zero-order valence-electron chi connectivity index (χ0n) is 16.9. The Balaban J connectivity index is 1.47. The average molecular weight is 426 g/mol. The van der Waals surface area contributed by atoms with Crippen LogP contribution >= 0.6 is 11.8 Å². The number of amides is 2. The molecular formula is C21H22N4O4S. The van der Waals surface area contributed by atoms with E-state index in [0.29, 0.717) is 11.3 Å². The van der Waals surface area contributed by atoms with E-state index in [9.17, 15) is 9.59 Å². The standard InChI is InChI=1S/C21H22N4O4S/c1-13-5-4-6-17(14(13)2)23-18(26)12-30-21-25-24-19(29-21)11-22-20(27)15-7-9-16(28-3)10-8-15/h4-10H,11-12H2,1-3H3,(H,22,27)(H,23,26). The minimum absolute atomic E-state index is 0.0904. The van der Waals surface area contributed by atoms with Crippen LogP contribution in [0, 0.1) is 13.8 Å². The van der Waals surface area contributed by atoms with Crippen molar-refractivity contribution >= 4 is 29.3 Å². The highest BCUT2D eigenvalue weighted by molar-refractivity contribution is 7.99. The van der Waals surface area contributed by atoms with Crippen LogP contribution in [0.15, 0.2) is 52.1 Å². The topological polar surface area (TPSA) is 106 Å². The monoisotopic (exact) mass is 426 g/mol. The van der Waals surface area contributed by atoms with E-state index in [1.807, 2.05) is 32.0 Å². The molecule has 8 nitrogen and oxygen atoms in total. The van der Waals surface area contributed by atoms with E-state index >= 15 is 0 Å². The van der Waals surface area contributed by atoms with Gasteiger partial charge < -0.3 is 19.8 Å². The molecule has 3 rings (SSSR count). The first-order valence-electron chi connectivity index (χ1n) is 9.19. The van der Waals surface area contributed by atoms with Gasteiger partial charge in [0, 0.05) is 11.3 Å². The van der Waals surface area contributed by atoms with Gasteiger partial charge in [0.2, 0.25) is 11.8 Å². The molecule has 0 bridgehead atoms. The highest BCUT2D eigenvalue weighted by Gasteiger charge is 2.12. The van der Waals surface area contributed by atoms with E-state index in [1.165, 1.54) is 0 Å². The van der Waals surface area contributed by atoms with Crippen LogP contribution in [0.4, 0.5) is 5.69 Å². The Morgan fingerprint density at radius 3 is 2.60 bits per heavy atom. The molecule has 1 aromatic heterocycles. The Labute approximate surface area is 178 Å². The molecule has 1 heterocycles. The quantitative estimate of drug-likeness (QED) is 0.532. The van der Waals surface area contributed by atoms with Crippen molar-refractivity contribution < 1.29 is 18.7 Å². The number of ether oxygens (including phenoxy) is 1. The molecule has 0 aliphatic heterocycles. The fourth-order valence-electron chi connectivity index (χ4n) is 2.57. The summed E-state index contributed by atoms with van der Waals surface area (Å²) in [6.07, 6.45) is 0. The van der Waals surface area contributed by atoms with Crippen LogP contribution in [0.1, 0.15) is 27.4 Å². The van der Waals surface area contributed by atoms with Gasteiger partial charge in [-0.3, -0.25) is 9.59 Å². The lowest BCUT2D eigenvalue weighted by atomic mass is 10.1. The molecule has 2 N–H and O–H groups in total. The Kier molecular flexibility index (Phi) is 7.08. The van der Waals surface area contributed by atoms with Gasteiger partial charge in [0.05, 0.1) is 19.4 Å². The number of carbonyl (C=O) groups excluding carboxylic acids is 2. The number of hydrogen-bond acceptors (Lipinski definition) is 7. The lowest BCUT2D eigenvalue weighted by Gasteiger charge is -2.09. The predicted molar refractivity (Wildman–Crippen MR) is 114 cm³/mol. The van der Waals surface area contributed by atoms with Crippen molar-refractivity contribution in [1.82, 2.24) is 15.5 Å². The van der Waals surface area contributed by atoms with Gasteiger partial charge in [-0.1, -0.05) is 23.9 Å². The highest BCUT2D eigenvalue weighted by atomic mass is 32.2. The third-order valence-electron chi connectivity index (χ3n) is 4.41. The summed E-state index contributed by atoms with van der Waals surface area (Å²) < 4.78 is 10.5. The van der Waals surface area contributed by atoms with Crippen molar-refractivity contribution in [2.45, 2.75) is 25.6 Å². The summed E-state index contributed by atoms with van der Waals surface area (Å²) in [6.45, 7) is 4.04. The summed E-state index contributed by atoms with van der Waals surface area (Å²) >= 11 is 1.13. The van der Waals surface area contributed by atoms with Crippen LogP contribution in [-0.4, -0.2) is 34.9 Å². The summed E-state index contributed by atoms with van der Waals surface area (Å²) in [5.74, 6) is 0.632. The zero-order chi connectivity index (χ0) is 21.5. The molecule has 0 saturated heterocycles. The van der Waals surface area contributed by atoms with E-state index in [2.05, 4.69) is 20.8 Å². The smallest absolute Gasteiger partial charge is 0.277 e. The van der Waals surface area contributed by atoms with E-state index in [4.69, 9.17) is 9.15 Å². The highest BCUT2D eigenvalue weighted by Crippen LogP contribution is 2.20. The average Bonchev–Trinajstić information content (AvgIpc) is 3.22. The molecule has 0 spiro atoms. The van der Waals surface area contributed by atoms with E-state index < -0.39 is 0 Å². The lowest BCUT2D eigenvalue weighted by Crippen LogP contribution is -2.22. The minimum Gasteiger partial charge on any atom is -0.497 e. The number of nitrogens with zero attached hydrogens (tertiary/aromatic N) is 2. The molecule has 30 heavy (non-hydrogen) atoms. The Morgan fingerprint density at radius 1 is 1.10 bits per heavy atom. The van der Waals surface area contributed by atoms with Crippen LogP contribution in [0.3, 0.4) is 0 Å². The normalized spacial score (nSPS) is 10.5. The summed E-state index contributed by atoms with van der Waals surface area (Å²) in [7, 11) is 1.56. The molecule has 2 amide bonds. The largest absolute Gasteiger partial charge is 0.497 e. The van der Waals surface area contributed by atoms with Crippen LogP contribution < -0.4 is 15.4 Å². The number of benzene rings is 2. The molecular weight excluding hydrogens is 404 g/mol. The summed E-state index contributed by atoms with van der Waals surface area (Å²) in [4.78, 5) is 24.4. The maximum absolute atomic E-state index is 12.2. The molecule has 2 aromatic carbocycles. The van der Waals surface area contributed by atoms with Gasteiger partial charge in [-0.25, -0.2) is 0 Å². The number of methoxy groups -OCH3 is 1. The van der Waals surface area contributed by atoms with Crippen molar-refractivity contribution in [2.24, 2.45) is 0 Å². The molecule has 0 unspecified atom stereocenters.